The normalized spacial score (nSPS) is 14.3. The number of hydrogen-bond acceptors (Lipinski definition) is 4. The molecule has 7 nitrogen and oxygen atoms in total. The highest BCUT2D eigenvalue weighted by Crippen LogP contribution is 2.21. The van der Waals surface area contributed by atoms with Crippen LogP contribution in [0.15, 0.2) is 18.2 Å². The second-order valence-electron chi connectivity index (χ2n) is 5.13. The van der Waals surface area contributed by atoms with Crippen molar-refractivity contribution in [1.82, 2.24) is 10.2 Å². The van der Waals surface area contributed by atoms with Crippen LogP contribution in [0.1, 0.15) is 12.0 Å². The molecule has 0 atom stereocenters. The fraction of sp³-hybridized carbons (Fsp3) is 0.400. The molecule has 0 bridgehead atoms. The van der Waals surface area contributed by atoms with Gasteiger partial charge in [0.25, 0.3) is 0 Å². The average Bonchev–Trinajstić information content (AvgIpc) is 2.54. The van der Waals surface area contributed by atoms with E-state index < -0.39 is 11.8 Å². The number of carboxylic acids is 1. The van der Waals surface area contributed by atoms with Gasteiger partial charge < -0.3 is 20.2 Å². The van der Waals surface area contributed by atoms with E-state index in [4.69, 9.17) is 10.4 Å². The van der Waals surface area contributed by atoms with Crippen LogP contribution in [0.25, 0.3) is 0 Å². The Labute approximate surface area is 132 Å². The highest BCUT2D eigenvalue weighted by atomic mass is 19.1. The molecule has 2 amide bonds. The smallest absolute Gasteiger partial charge is 0.317 e. The summed E-state index contributed by atoms with van der Waals surface area (Å²) in [5, 5.41) is 19.8. The Morgan fingerprint density at radius 2 is 2.00 bits per heavy atom. The van der Waals surface area contributed by atoms with Gasteiger partial charge in [0.15, 0.2) is 0 Å². The maximum absolute atomic E-state index is 14.0. The predicted octanol–water partition coefficient (Wildman–Crippen LogP) is 1.00. The number of rotatable bonds is 4. The zero-order valence-corrected chi connectivity index (χ0v) is 12.5. The van der Waals surface area contributed by atoms with Crippen molar-refractivity contribution in [3.05, 3.63) is 29.6 Å². The monoisotopic (exact) mass is 320 g/mol. The van der Waals surface area contributed by atoms with Crippen LogP contribution in [0.5, 0.6) is 0 Å². The lowest BCUT2D eigenvalue weighted by molar-refractivity contribution is -0.136. The molecule has 0 radical (unpaired) electrons. The van der Waals surface area contributed by atoms with Gasteiger partial charge in [-0.2, -0.15) is 5.26 Å². The second-order valence-corrected chi connectivity index (χ2v) is 5.13. The third-order valence-electron chi connectivity index (χ3n) is 3.60. The van der Waals surface area contributed by atoms with Crippen molar-refractivity contribution >= 4 is 17.7 Å². The molecule has 0 aromatic heterocycles. The summed E-state index contributed by atoms with van der Waals surface area (Å²) in [7, 11) is 0. The minimum Gasteiger partial charge on any atom is -0.481 e. The van der Waals surface area contributed by atoms with Gasteiger partial charge in [-0.05, 0) is 18.2 Å². The SMILES string of the molecule is N#Cc1ccc(N2CCN(C(=O)NCCC(=O)O)CC2)c(F)c1. The number of halogens is 1. The molecule has 1 heterocycles. The van der Waals surface area contributed by atoms with Crippen LogP contribution in [0.3, 0.4) is 0 Å². The third kappa shape index (κ3) is 4.32. The number of urea groups is 1. The summed E-state index contributed by atoms with van der Waals surface area (Å²) in [5.74, 6) is -1.42. The van der Waals surface area contributed by atoms with Crippen molar-refractivity contribution in [1.29, 1.82) is 5.26 Å². The van der Waals surface area contributed by atoms with E-state index in [9.17, 15) is 14.0 Å². The first kappa shape index (κ1) is 16.5. The number of anilines is 1. The number of hydrogen-bond donors (Lipinski definition) is 2. The number of carboxylic acid groups (broad SMARTS) is 1. The maximum Gasteiger partial charge on any atom is 0.317 e. The number of carbonyl (C=O) groups excluding carboxylic acids is 1. The first-order valence-corrected chi connectivity index (χ1v) is 7.20. The van der Waals surface area contributed by atoms with Crippen molar-refractivity contribution in [3.8, 4) is 6.07 Å². The van der Waals surface area contributed by atoms with E-state index >= 15 is 0 Å². The van der Waals surface area contributed by atoms with Gasteiger partial charge in [-0.1, -0.05) is 0 Å². The molecule has 1 saturated heterocycles. The first-order chi connectivity index (χ1) is 11.0. The molecule has 0 aliphatic carbocycles. The molecule has 0 spiro atoms. The second kappa shape index (κ2) is 7.45. The molecular formula is C15H17FN4O3. The molecule has 8 heteroatoms. The van der Waals surface area contributed by atoms with Gasteiger partial charge in [0, 0.05) is 32.7 Å². The van der Waals surface area contributed by atoms with E-state index in [0.29, 0.717) is 31.9 Å². The number of piperazine rings is 1. The molecule has 1 aromatic rings. The number of carbonyl (C=O) groups is 2. The molecule has 0 unspecified atom stereocenters. The zero-order valence-electron chi connectivity index (χ0n) is 12.5. The number of nitrogens with one attached hydrogen (secondary N) is 1. The van der Waals surface area contributed by atoms with Gasteiger partial charge in [0.1, 0.15) is 5.82 Å². The molecule has 1 aromatic carbocycles. The van der Waals surface area contributed by atoms with Crippen LogP contribution < -0.4 is 10.2 Å². The van der Waals surface area contributed by atoms with Crippen LogP contribution in [0, 0.1) is 17.1 Å². The van der Waals surface area contributed by atoms with Crippen LogP contribution in [-0.2, 0) is 4.79 Å². The lowest BCUT2D eigenvalue weighted by Crippen LogP contribution is -2.52. The summed E-state index contributed by atoms with van der Waals surface area (Å²) in [6.07, 6.45) is -0.123. The lowest BCUT2D eigenvalue weighted by Gasteiger charge is -2.36. The van der Waals surface area contributed by atoms with Gasteiger partial charge in [0.05, 0.1) is 23.7 Å². The van der Waals surface area contributed by atoms with Gasteiger partial charge in [-0.15, -0.1) is 0 Å². The summed E-state index contributed by atoms with van der Waals surface area (Å²) in [5.41, 5.74) is 0.678. The van der Waals surface area contributed by atoms with E-state index in [2.05, 4.69) is 5.32 Å². The fourth-order valence-electron chi connectivity index (χ4n) is 2.37. The highest BCUT2D eigenvalue weighted by Gasteiger charge is 2.22. The minimum absolute atomic E-state index is 0.0820. The summed E-state index contributed by atoms with van der Waals surface area (Å²) in [6.45, 7) is 1.85. The van der Waals surface area contributed by atoms with Crippen LogP contribution in [0.2, 0.25) is 0 Å². The van der Waals surface area contributed by atoms with Crippen LogP contribution in [-0.4, -0.2) is 54.7 Å². The Balaban J connectivity index is 1.87. The fourth-order valence-corrected chi connectivity index (χ4v) is 2.37. The molecule has 0 saturated carbocycles. The minimum atomic E-state index is -0.966. The molecule has 1 aliphatic heterocycles. The van der Waals surface area contributed by atoms with Crippen molar-refractivity contribution in [2.75, 3.05) is 37.6 Å². The molecule has 122 valence electrons. The van der Waals surface area contributed by atoms with E-state index in [0.717, 1.165) is 0 Å². The molecule has 1 aliphatic rings. The largest absolute Gasteiger partial charge is 0.481 e. The van der Waals surface area contributed by atoms with Gasteiger partial charge in [0.2, 0.25) is 0 Å². The van der Waals surface area contributed by atoms with Crippen LogP contribution in [0.4, 0.5) is 14.9 Å². The number of nitrogens with zero attached hydrogens (tertiary/aromatic N) is 3. The Kier molecular flexibility index (Phi) is 5.36. The average molecular weight is 320 g/mol. The number of aliphatic carboxylic acids is 1. The quantitative estimate of drug-likeness (QED) is 0.863. The van der Waals surface area contributed by atoms with Crippen molar-refractivity contribution in [2.45, 2.75) is 6.42 Å². The third-order valence-corrected chi connectivity index (χ3v) is 3.60. The van der Waals surface area contributed by atoms with E-state index in [1.165, 1.54) is 6.07 Å². The van der Waals surface area contributed by atoms with Crippen LogP contribution >= 0.6 is 0 Å². The number of amides is 2. The summed E-state index contributed by atoms with van der Waals surface area (Å²) < 4.78 is 14.0. The van der Waals surface area contributed by atoms with E-state index in [1.807, 2.05) is 11.0 Å². The summed E-state index contributed by atoms with van der Waals surface area (Å²) in [6, 6.07) is 5.89. The van der Waals surface area contributed by atoms with Gasteiger partial charge in [-0.25, -0.2) is 9.18 Å². The highest BCUT2D eigenvalue weighted by molar-refractivity contribution is 5.75. The van der Waals surface area contributed by atoms with Crippen molar-refractivity contribution in [3.63, 3.8) is 0 Å². The van der Waals surface area contributed by atoms with Gasteiger partial charge >= 0.3 is 12.0 Å². The molecule has 2 rings (SSSR count). The standard InChI is InChI=1S/C15H17FN4O3/c16-12-9-11(10-17)1-2-13(12)19-5-7-20(8-6-19)15(23)18-4-3-14(21)22/h1-2,9H,3-8H2,(H,18,23)(H,21,22). The zero-order chi connectivity index (χ0) is 16.8. The summed E-state index contributed by atoms with van der Waals surface area (Å²) in [4.78, 5) is 25.7. The first-order valence-electron chi connectivity index (χ1n) is 7.20. The number of benzene rings is 1. The van der Waals surface area contributed by atoms with Crippen molar-refractivity contribution in [2.24, 2.45) is 0 Å². The van der Waals surface area contributed by atoms with Crippen molar-refractivity contribution < 1.29 is 19.1 Å². The predicted molar refractivity (Wildman–Crippen MR) is 80.6 cm³/mol. The van der Waals surface area contributed by atoms with E-state index in [1.54, 1.807) is 17.0 Å². The Morgan fingerprint density at radius 1 is 1.30 bits per heavy atom. The maximum atomic E-state index is 14.0. The Bertz CT molecular complexity index is 636. The molecule has 2 N–H and O–H groups in total. The lowest BCUT2D eigenvalue weighted by atomic mass is 10.2. The summed E-state index contributed by atoms with van der Waals surface area (Å²) >= 11 is 0. The number of nitriles is 1. The Morgan fingerprint density at radius 3 is 2.57 bits per heavy atom. The molecule has 23 heavy (non-hydrogen) atoms. The molecular weight excluding hydrogens is 303 g/mol. The van der Waals surface area contributed by atoms with Gasteiger partial charge in [-0.3, -0.25) is 4.79 Å². The Hall–Kier alpha value is -2.82. The topological polar surface area (TPSA) is 96.7 Å². The molecule has 1 fully saturated rings. The van der Waals surface area contributed by atoms with E-state index in [-0.39, 0.29) is 24.6 Å².